The number of carbonyl (C=O) groups is 1. The summed E-state index contributed by atoms with van der Waals surface area (Å²) < 4.78 is 5.77. The second-order valence-corrected chi connectivity index (χ2v) is 8.96. The molecule has 3 aliphatic heterocycles. The highest BCUT2D eigenvalue weighted by Gasteiger charge is 2.41. The zero-order valence-electron chi connectivity index (χ0n) is 17.2. The summed E-state index contributed by atoms with van der Waals surface area (Å²) in [5.74, 6) is 2.19. The summed E-state index contributed by atoms with van der Waals surface area (Å²) in [6, 6.07) is 2.40. The number of anilines is 2. The van der Waals surface area contributed by atoms with Crippen LogP contribution in [-0.4, -0.2) is 65.7 Å². The van der Waals surface area contributed by atoms with Crippen molar-refractivity contribution in [3.63, 3.8) is 0 Å². The molecule has 1 amide bonds. The molecule has 1 spiro atoms. The van der Waals surface area contributed by atoms with Crippen LogP contribution in [-0.2, 0) is 9.53 Å². The van der Waals surface area contributed by atoms with Gasteiger partial charge in [0, 0.05) is 51.3 Å². The number of carbonyl (C=O) groups excluding carboxylic acids is 1. The van der Waals surface area contributed by atoms with Gasteiger partial charge in [0.05, 0.1) is 6.10 Å². The SMILES string of the molecule is CC(C)Nc1cc(N2CCC3(CCC(=O)N(CC4CCCO4)C3)CC2)ncn1. The van der Waals surface area contributed by atoms with Gasteiger partial charge in [-0.05, 0) is 51.4 Å². The van der Waals surface area contributed by atoms with Crippen LogP contribution in [0, 0.1) is 5.41 Å². The molecule has 7 nitrogen and oxygen atoms in total. The Hall–Kier alpha value is -1.89. The Bertz CT molecular complexity index is 681. The Labute approximate surface area is 167 Å². The van der Waals surface area contributed by atoms with Gasteiger partial charge in [-0.2, -0.15) is 0 Å². The number of rotatable bonds is 5. The molecule has 0 aromatic carbocycles. The maximum atomic E-state index is 12.5. The first-order chi connectivity index (χ1) is 13.5. The van der Waals surface area contributed by atoms with Crippen molar-refractivity contribution in [1.82, 2.24) is 14.9 Å². The summed E-state index contributed by atoms with van der Waals surface area (Å²) in [4.78, 5) is 25.7. The van der Waals surface area contributed by atoms with Gasteiger partial charge in [-0.25, -0.2) is 9.97 Å². The van der Waals surface area contributed by atoms with E-state index in [1.165, 1.54) is 0 Å². The number of hydrogen-bond acceptors (Lipinski definition) is 6. The number of aromatic nitrogens is 2. The molecule has 3 aliphatic rings. The highest BCUT2D eigenvalue weighted by atomic mass is 16.5. The molecule has 0 bridgehead atoms. The highest BCUT2D eigenvalue weighted by molar-refractivity contribution is 5.77. The number of nitrogens with zero attached hydrogens (tertiary/aromatic N) is 4. The molecule has 1 N–H and O–H groups in total. The Morgan fingerprint density at radius 2 is 2.11 bits per heavy atom. The molecule has 1 unspecified atom stereocenters. The molecular formula is C21H33N5O2. The second-order valence-electron chi connectivity index (χ2n) is 8.96. The summed E-state index contributed by atoms with van der Waals surface area (Å²) in [6.07, 6.45) is 8.02. The molecule has 4 heterocycles. The maximum absolute atomic E-state index is 12.5. The van der Waals surface area contributed by atoms with Crippen LogP contribution in [0.4, 0.5) is 11.6 Å². The lowest BCUT2D eigenvalue weighted by Crippen LogP contribution is -2.53. The molecule has 3 fully saturated rings. The third kappa shape index (κ3) is 4.40. The molecule has 1 aromatic heterocycles. The van der Waals surface area contributed by atoms with Crippen molar-refractivity contribution in [3.05, 3.63) is 12.4 Å². The fraction of sp³-hybridized carbons (Fsp3) is 0.762. The van der Waals surface area contributed by atoms with Gasteiger partial charge < -0.3 is 19.9 Å². The Morgan fingerprint density at radius 3 is 2.82 bits per heavy atom. The number of nitrogens with one attached hydrogen (secondary N) is 1. The van der Waals surface area contributed by atoms with E-state index in [9.17, 15) is 4.79 Å². The van der Waals surface area contributed by atoms with Gasteiger partial charge in [-0.3, -0.25) is 4.79 Å². The quantitative estimate of drug-likeness (QED) is 0.838. The molecule has 3 saturated heterocycles. The Kier molecular flexibility index (Phi) is 5.71. The van der Waals surface area contributed by atoms with Gasteiger partial charge in [0.25, 0.3) is 0 Å². The zero-order valence-corrected chi connectivity index (χ0v) is 17.2. The minimum absolute atomic E-state index is 0.243. The van der Waals surface area contributed by atoms with E-state index in [1.807, 2.05) is 6.07 Å². The highest BCUT2D eigenvalue weighted by Crippen LogP contribution is 2.41. The van der Waals surface area contributed by atoms with Crippen molar-refractivity contribution in [2.24, 2.45) is 5.41 Å². The molecule has 28 heavy (non-hydrogen) atoms. The molecule has 154 valence electrons. The average molecular weight is 388 g/mol. The van der Waals surface area contributed by atoms with Crippen molar-refractivity contribution in [2.45, 2.75) is 64.5 Å². The topological polar surface area (TPSA) is 70.6 Å². The average Bonchev–Trinajstić information content (AvgIpc) is 3.18. The van der Waals surface area contributed by atoms with Crippen molar-refractivity contribution >= 4 is 17.5 Å². The first kappa shape index (κ1) is 19.4. The fourth-order valence-electron chi connectivity index (χ4n) is 4.82. The van der Waals surface area contributed by atoms with Gasteiger partial charge in [-0.1, -0.05) is 0 Å². The van der Waals surface area contributed by atoms with Crippen molar-refractivity contribution < 1.29 is 9.53 Å². The lowest BCUT2D eigenvalue weighted by molar-refractivity contribution is -0.140. The minimum atomic E-state index is 0.243. The first-order valence-corrected chi connectivity index (χ1v) is 10.8. The van der Waals surface area contributed by atoms with Gasteiger partial charge >= 0.3 is 0 Å². The van der Waals surface area contributed by atoms with Gasteiger partial charge in [0.2, 0.25) is 5.91 Å². The summed E-state index contributed by atoms with van der Waals surface area (Å²) in [7, 11) is 0. The van der Waals surface area contributed by atoms with Gasteiger partial charge in [-0.15, -0.1) is 0 Å². The molecule has 0 saturated carbocycles. The lowest BCUT2D eigenvalue weighted by atomic mass is 9.72. The van der Waals surface area contributed by atoms with Crippen LogP contribution in [0.3, 0.4) is 0 Å². The number of piperidine rings is 2. The van der Waals surface area contributed by atoms with Crippen LogP contribution in [0.1, 0.15) is 52.4 Å². The van der Waals surface area contributed by atoms with Crippen molar-refractivity contribution in [2.75, 3.05) is 43.0 Å². The van der Waals surface area contributed by atoms with E-state index in [2.05, 4.69) is 38.9 Å². The summed E-state index contributed by atoms with van der Waals surface area (Å²) in [5.41, 5.74) is 0.259. The monoisotopic (exact) mass is 387 g/mol. The standard InChI is InChI=1S/C21H33N5O2/c1-16(2)24-18-12-19(23-15-22-18)25-9-7-21(8-10-25)6-5-20(27)26(14-21)13-17-4-3-11-28-17/h12,15-17H,3-11,13-14H2,1-2H3,(H,22,23,24). The third-order valence-electron chi connectivity index (χ3n) is 6.43. The van der Waals surface area contributed by atoms with E-state index in [0.717, 1.165) is 76.5 Å². The predicted octanol–water partition coefficient (Wildman–Crippen LogP) is 2.68. The molecule has 4 rings (SSSR count). The van der Waals surface area contributed by atoms with Crippen LogP contribution in [0.2, 0.25) is 0 Å². The van der Waals surface area contributed by atoms with Crippen LogP contribution in [0.15, 0.2) is 12.4 Å². The number of ether oxygens (including phenoxy) is 1. The van der Waals surface area contributed by atoms with Gasteiger partial charge in [0.1, 0.15) is 18.0 Å². The van der Waals surface area contributed by atoms with Crippen LogP contribution >= 0.6 is 0 Å². The number of likely N-dealkylation sites (tertiary alicyclic amines) is 1. The fourth-order valence-corrected chi connectivity index (χ4v) is 4.82. The van der Waals surface area contributed by atoms with E-state index in [1.54, 1.807) is 6.33 Å². The van der Waals surface area contributed by atoms with Crippen LogP contribution in [0.25, 0.3) is 0 Å². The largest absolute Gasteiger partial charge is 0.376 e. The Morgan fingerprint density at radius 1 is 1.29 bits per heavy atom. The molecule has 1 atom stereocenters. The molecule has 0 radical (unpaired) electrons. The number of amides is 1. The Balaban J connectivity index is 1.37. The number of hydrogen-bond donors (Lipinski definition) is 1. The lowest BCUT2D eigenvalue weighted by Gasteiger charge is -2.48. The summed E-state index contributed by atoms with van der Waals surface area (Å²) >= 11 is 0. The minimum Gasteiger partial charge on any atom is -0.376 e. The third-order valence-corrected chi connectivity index (χ3v) is 6.43. The van der Waals surface area contributed by atoms with E-state index in [-0.39, 0.29) is 11.5 Å². The van der Waals surface area contributed by atoms with Crippen molar-refractivity contribution in [1.29, 1.82) is 0 Å². The zero-order chi connectivity index (χ0) is 19.6. The maximum Gasteiger partial charge on any atom is 0.222 e. The van der Waals surface area contributed by atoms with Gasteiger partial charge in [0.15, 0.2) is 0 Å². The predicted molar refractivity (Wildman–Crippen MR) is 109 cm³/mol. The van der Waals surface area contributed by atoms with Crippen LogP contribution in [0.5, 0.6) is 0 Å². The summed E-state index contributed by atoms with van der Waals surface area (Å²) in [5, 5.41) is 3.35. The molecule has 7 heteroatoms. The van der Waals surface area contributed by atoms with E-state index in [4.69, 9.17) is 4.74 Å². The smallest absolute Gasteiger partial charge is 0.222 e. The van der Waals surface area contributed by atoms with Crippen LogP contribution < -0.4 is 10.2 Å². The molecular weight excluding hydrogens is 354 g/mol. The normalized spacial score (nSPS) is 25.0. The van der Waals surface area contributed by atoms with E-state index >= 15 is 0 Å². The molecule has 0 aliphatic carbocycles. The van der Waals surface area contributed by atoms with E-state index < -0.39 is 0 Å². The molecule has 1 aromatic rings. The first-order valence-electron chi connectivity index (χ1n) is 10.8. The second kappa shape index (κ2) is 8.23. The van der Waals surface area contributed by atoms with E-state index in [0.29, 0.717) is 18.4 Å². The van der Waals surface area contributed by atoms with Crippen molar-refractivity contribution in [3.8, 4) is 0 Å². The summed E-state index contributed by atoms with van der Waals surface area (Å²) in [6.45, 7) is 8.71.